The SMILES string of the molecule is Cc1ccc(C23NC(=O)c4ccccc4N2C(=O)c2ccccc23)cc1. The fourth-order valence-electron chi connectivity index (χ4n) is 4.04. The highest BCUT2D eigenvalue weighted by molar-refractivity contribution is 6.18. The number of carbonyl (C=O) groups excluding carboxylic acids is 2. The number of hydrogen-bond donors (Lipinski definition) is 1. The molecule has 4 heteroatoms. The summed E-state index contributed by atoms with van der Waals surface area (Å²) in [4.78, 5) is 28.0. The Bertz CT molecular complexity index is 1070. The Morgan fingerprint density at radius 1 is 0.808 bits per heavy atom. The summed E-state index contributed by atoms with van der Waals surface area (Å²) in [5.41, 5.74) is 3.53. The van der Waals surface area contributed by atoms with E-state index in [4.69, 9.17) is 0 Å². The Morgan fingerprint density at radius 3 is 2.23 bits per heavy atom. The zero-order valence-electron chi connectivity index (χ0n) is 14.2. The Kier molecular flexibility index (Phi) is 2.89. The number of hydrogen-bond acceptors (Lipinski definition) is 2. The van der Waals surface area contributed by atoms with Gasteiger partial charge < -0.3 is 5.32 Å². The molecule has 2 aliphatic rings. The van der Waals surface area contributed by atoms with E-state index in [2.05, 4.69) is 5.32 Å². The molecule has 0 saturated heterocycles. The highest BCUT2D eigenvalue weighted by Crippen LogP contribution is 2.48. The predicted octanol–water partition coefficient (Wildman–Crippen LogP) is 3.60. The first-order valence-electron chi connectivity index (χ1n) is 8.56. The first kappa shape index (κ1) is 14.9. The average molecular weight is 340 g/mol. The second-order valence-electron chi connectivity index (χ2n) is 6.73. The predicted molar refractivity (Wildman–Crippen MR) is 99.1 cm³/mol. The van der Waals surface area contributed by atoms with Gasteiger partial charge in [0.05, 0.1) is 11.3 Å². The Morgan fingerprint density at radius 2 is 1.46 bits per heavy atom. The van der Waals surface area contributed by atoms with E-state index < -0.39 is 5.66 Å². The van der Waals surface area contributed by atoms with Crippen molar-refractivity contribution in [3.05, 3.63) is 101 Å². The summed E-state index contributed by atoms with van der Waals surface area (Å²) < 4.78 is 0. The molecule has 0 bridgehead atoms. The summed E-state index contributed by atoms with van der Waals surface area (Å²) >= 11 is 0. The molecule has 0 radical (unpaired) electrons. The lowest BCUT2D eigenvalue weighted by molar-refractivity contribution is 0.0878. The van der Waals surface area contributed by atoms with Crippen molar-refractivity contribution in [3.8, 4) is 0 Å². The maximum atomic E-state index is 13.3. The molecule has 5 rings (SSSR count). The lowest BCUT2D eigenvalue weighted by Gasteiger charge is -2.44. The standard InChI is InChI=1S/C22H16N2O2/c1-14-10-12-15(13-11-14)22-18-8-4-2-6-16(18)21(26)24(22)19-9-5-3-7-17(19)20(25)23-22/h2-13H,1H3,(H,23,25). The number of fused-ring (bicyclic) bond motifs is 5. The van der Waals surface area contributed by atoms with Crippen molar-refractivity contribution in [2.45, 2.75) is 12.6 Å². The monoisotopic (exact) mass is 340 g/mol. The number of rotatable bonds is 1. The highest BCUT2D eigenvalue weighted by Gasteiger charge is 2.55. The molecule has 0 spiro atoms. The molecule has 1 atom stereocenters. The van der Waals surface area contributed by atoms with E-state index in [1.54, 1.807) is 11.0 Å². The molecule has 2 aliphatic heterocycles. The second kappa shape index (κ2) is 5.05. The highest BCUT2D eigenvalue weighted by atomic mass is 16.2. The van der Waals surface area contributed by atoms with E-state index in [0.29, 0.717) is 16.8 Å². The van der Waals surface area contributed by atoms with Crippen LogP contribution in [0.5, 0.6) is 0 Å². The van der Waals surface area contributed by atoms with E-state index in [1.807, 2.05) is 73.7 Å². The fraction of sp³-hybridized carbons (Fsp3) is 0.0909. The van der Waals surface area contributed by atoms with Gasteiger partial charge in [-0.1, -0.05) is 60.2 Å². The fourth-order valence-corrected chi connectivity index (χ4v) is 4.04. The molecule has 1 N–H and O–H groups in total. The van der Waals surface area contributed by atoms with Crippen LogP contribution in [0.2, 0.25) is 0 Å². The molecule has 2 amide bonds. The minimum Gasteiger partial charge on any atom is -0.321 e. The lowest BCUT2D eigenvalue weighted by atomic mass is 9.87. The Balaban J connectivity index is 1.88. The zero-order chi connectivity index (χ0) is 17.9. The number of nitrogens with one attached hydrogen (secondary N) is 1. The number of anilines is 1. The molecule has 4 nitrogen and oxygen atoms in total. The molecule has 1 unspecified atom stereocenters. The summed E-state index contributed by atoms with van der Waals surface area (Å²) in [6, 6.07) is 22.7. The van der Waals surface area contributed by atoms with Crippen LogP contribution in [0.25, 0.3) is 0 Å². The molecule has 2 heterocycles. The summed E-state index contributed by atoms with van der Waals surface area (Å²) in [6.45, 7) is 2.02. The number of para-hydroxylation sites is 1. The van der Waals surface area contributed by atoms with Crippen LogP contribution < -0.4 is 10.2 Å². The molecule has 0 saturated carbocycles. The molecule has 3 aromatic rings. The molecule has 126 valence electrons. The maximum Gasteiger partial charge on any atom is 0.261 e. The number of benzene rings is 3. The Labute approximate surface area is 151 Å². The lowest BCUT2D eigenvalue weighted by Crippen LogP contribution is -2.60. The summed E-state index contributed by atoms with van der Waals surface area (Å²) in [5, 5.41) is 3.14. The van der Waals surface area contributed by atoms with Crippen molar-refractivity contribution in [1.82, 2.24) is 5.32 Å². The molecule has 26 heavy (non-hydrogen) atoms. The van der Waals surface area contributed by atoms with Gasteiger partial charge in [0.2, 0.25) is 0 Å². The summed E-state index contributed by atoms with van der Waals surface area (Å²) in [6.07, 6.45) is 0. The van der Waals surface area contributed by atoms with E-state index >= 15 is 0 Å². The summed E-state index contributed by atoms with van der Waals surface area (Å²) in [5.74, 6) is -0.282. The van der Waals surface area contributed by atoms with Gasteiger partial charge >= 0.3 is 0 Å². The van der Waals surface area contributed by atoms with Gasteiger partial charge in [-0.25, -0.2) is 0 Å². The van der Waals surface area contributed by atoms with Crippen molar-refractivity contribution >= 4 is 17.5 Å². The van der Waals surface area contributed by atoms with E-state index in [0.717, 1.165) is 16.7 Å². The van der Waals surface area contributed by atoms with E-state index in [-0.39, 0.29) is 11.8 Å². The third kappa shape index (κ3) is 1.73. The van der Waals surface area contributed by atoms with Gasteiger partial charge in [0, 0.05) is 16.7 Å². The Hall–Kier alpha value is -3.40. The minimum atomic E-state index is -1.02. The third-order valence-electron chi connectivity index (χ3n) is 5.24. The van der Waals surface area contributed by atoms with Crippen molar-refractivity contribution in [2.24, 2.45) is 0 Å². The van der Waals surface area contributed by atoms with Gasteiger partial charge in [-0.05, 0) is 25.1 Å². The number of amides is 2. The number of carbonyl (C=O) groups is 2. The maximum absolute atomic E-state index is 13.3. The van der Waals surface area contributed by atoms with Gasteiger partial charge in [0.25, 0.3) is 11.8 Å². The van der Waals surface area contributed by atoms with Crippen LogP contribution >= 0.6 is 0 Å². The topological polar surface area (TPSA) is 49.4 Å². The zero-order valence-corrected chi connectivity index (χ0v) is 14.2. The van der Waals surface area contributed by atoms with E-state index in [9.17, 15) is 9.59 Å². The molecule has 0 aliphatic carbocycles. The van der Waals surface area contributed by atoms with Crippen LogP contribution in [-0.2, 0) is 5.66 Å². The van der Waals surface area contributed by atoms with Crippen LogP contribution in [-0.4, -0.2) is 11.8 Å². The van der Waals surface area contributed by atoms with Crippen LogP contribution in [0, 0.1) is 6.92 Å². The molecular formula is C22H16N2O2. The quantitative estimate of drug-likeness (QED) is 0.736. The van der Waals surface area contributed by atoms with Crippen LogP contribution in [0.3, 0.4) is 0 Å². The molecule has 0 fully saturated rings. The smallest absolute Gasteiger partial charge is 0.261 e. The number of aryl methyl sites for hydroxylation is 1. The largest absolute Gasteiger partial charge is 0.321 e. The van der Waals surface area contributed by atoms with Crippen molar-refractivity contribution in [3.63, 3.8) is 0 Å². The van der Waals surface area contributed by atoms with Crippen LogP contribution in [0.15, 0.2) is 72.8 Å². The second-order valence-corrected chi connectivity index (χ2v) is 6.73. The van der Waals surface area contributed by atoms with Crippen molar-refractivity contribution in [1.29, 1.82) is 0 Å². The summed E-state index contributed by atoms with van der Waals surface area (Å²) in [7, 11) is 0. The van der Waals surface area contributed by atoms with Gasteiger partial charge in [0.1, 0.15) is 0 Å². The molecule has 3 aromatic carbocycles. The van der Waals surface area contributed by atoms with Gasteiger partial charge in [-0.2, -0.15) is 0 Å². The van der Waals surface area contributed by atoms with Crippen molar-refractivity contribution in [2.75, 3.05) is 4.90 Å². The third-order valence-corrected chi connectivity index (χ3v) is 5.24. The van der Waals surface area contributed by atoms with Gasteiger partial charge in [-0.3, -0.25) is 14.5 Å². The normalized spacial score (nSPS) is 20.3. The van der Waals surface area contributed by atoms with E-state index in [1.165, 1.54) is 0 Å². The first-order valence-corrected chi connectivity index (χ1v) is 8.56. The minimum absolute atomic E-state index is 0.103. The average Bonchev–Trinajstić information content (AvgIpc) is 2.93. The van der Waals surface area contributed by atoms with Gasteiger partial charge in [0.15, 0.2) is 5.66 Å². The number of nitrogens with zero attached hydrogens (tertiary/aromatic N) is 1. The van der Waals surface area contributed by atoms with Crippen LogP contribution in [0.1, 0.15) is 37.4 Å². The molecule has 0 aromatic heterocycles. The molecular weight excluding hydrogens is 324 g/mol. The van der Waals surface area contributed by atoms with Crippen LogP contribution in [0.4, 0.5) is 5.69 Å². The van der Waals surface area contributed by atoms with Gasteiger partial charge in [-0.15, -0.1) is 0 Å². The van der Waals surface area contributed by atoms with Crippen molar-refractivity contribution < 1.29 is 9.59 Å². The first-order chi connectivity index (χ1) is 12.6.